The molecule has 1 atom stereocenters. The lowest BCUT2D eigenvalue weighted by Gasteiger charge is -2.37. The van der Waals surface area contributed by atoms with E-state index < -0.39 is 0 Å². The third kappa shape index (κ3) is 3.09. The van der Waals surface area contributed by atoms with Crippen LogP contribution in [0.5, 0.6) is 0 Å². The van der Waals surface area contributed by atoms with Crippen LogP contribution in [0.25, 0.3) is 0 Å². The zero-order valence-corrected chi connectivity index (χ0v) is 12.1. The normalized spacial score (nSPS) is 21.9. The van der Waals surface area contributed by atoms with Crippen molar-refractivity contribution in [3.05, 3.63) is 23.8 Å². The van der Waals surface area contributed by atoms with E-state index >= 15 is 0 Å². The second-order valence-electron chi connectivity index (χ2n) is 6.35. The van der Waals surface area contributed by atoms with Crippen LogP contribution < -0.4 is 11.1 Å². The van der Waals surface area contributed by atoms with E-state index in [1.54, 1.807) is 0 Å². The van der Waals surface area contributed by atoms with Crippen molar-refractivity contribution in [1.29, 1.82) is 0 Å². The number of aryl methyl sites for hydroxylation is 1. The molecule has 1 aromatic rings. The van der Waals surface area contributed by atoms with Gasteiger partial charge in [-0.3, -0.25) is 4.79 Å². The van der Waals surface area contributed by atoms with E-state index in [1.165, 1.54) is 6.42 Å². The second kappa shape index (κ2) is 5.24. The molecule has 0 spiro atoms. The number of benzene rings is 1. The molecule has 3 nitrogen and oxygen atoms in total. The summed E-state index contributed by atoms with van der Waals surface area (Å²) in [5.41, 5.74) is 8.45. The third-order valence-corrected chi connectivity index (χ3v) is 4.34. The monoisotopic (exact) mass is 260 g/mol. The van der Waals surface area contributed by atoms with Crippen LogP contribution >= 0.6 is 0 Å². The molecule has 1 saturated carbocycles. The van der Waals surface area contributed by atoms with Gasteiger partial charge in [0.1, 0.15) is 0 Å². The molecule has 1 aliphatic carbocycles. The summed E-state index contributed by atoms with van der Waals surface area (Å²) in [6, 6.07) is 5.63. The molecule has 104 valence electrons. The van der Waals surface area contributed by atoms with Gasteiger partial charge in [0.25, 0.3) is 0 Å². The molecule has 0 saturated heterocycles. The van der Waals surface area contributed by atoms with E-state index in [0.717, 1.165) is 30.5 Å². The first-order valence-electron chi connectivity index (χ1n) is 7.07. The largest absolute Gasteiger partial charge is 0.399 e. The Morgan fingerprint density at radius 2 is 2.11 bits per heavy atom. The van der Waals surface area contributed by atoms with Gasteiger partial charge in [-0.05, 0) is 42.9 Å². The first kappa shape index (κ1) is 13.9. The maximum absolute atomic E-state index is 12.5. The Kier molecular flexibility index (Phi) is 3.83. The highest BCUT2D eigenvalue weighted by Gasteiger charge is 2.37. The molecule has 2 rings (SSSR count). The van der Waals surface area contributed by atoms with Crippen molar-refractivity contribution in [2.24, 2.45) is 11.3 Å². The van der Waals surface area contributed by atoms with Gasteiger partial charge < -0.3 is 11.1 Å². The van der Waals surface area contributed by atoms with Gasteiger partial charge in [0.05, 0.1) is 0 Å². The topological polar surface area (TPSA) is 55.1 Å². The molecule has 1 unspecified atom stereocenters. The number of carbonyl (C=O) groups is 1. The summed E-state index contributed by atoms with van der Waals surface area (Å²) in [6.07, 6.45) is 4.49. The lowest BCUT2D eigenvalue weighted by molar-refractivity contribution is -0.124. The van der Waals surface area contributed by atoms with Gasteiger partial charge in [0.15, 0.2) is 0 Å². The fourth-order valence-electron chi connectivity index (χ4n) is 2.97. The Labute approximate surface area is 115 Å². The minimum Gasteiger partial charge on any atom is -0.399 e. The number of hydrogen-bond donors (Lipinski definition) is 2. The van der Waals surface area contributed by atoms with Crippen molar-refractivity contribution in [3.8, 4) is 0 Å². The molecule has 1 aromatic carbocycles. The molecule has 1 fully saturated rings. The number of amides is 1. The van der Waals surface area contributed by atoms with Crippen LogP contribution in [0.15, 0.2) is 18.2 Å². The molecule has 0 bridgehead atoms. The van der Waals surface area contributed by atoms with Crippen molar-refractivity contribution in [3.63, 3.8) is 0 Å². The highest BCUT2D eigenvalue weighted by atomic mass is 16.1. The number of nitrogens with two attached hydrogens (primary N) is 1. The highest BCUT2D eigenvalue weighted by Crippen LogP contribution is 2.41. The Morgan fingerprint density at radius 1 is 1.37 bits per heavy atom. The van der Waals surface area contributed by atoms with Crippen LogP contribution in [-0.4, -0.2) is 5.91 Å². The molecule has 19 heavy (non-hydrogen) atoms. The Morgan fingerprint density at radius 3 is 2.79 bits per heavy atom. The number of carbonyl (C=O) groups excluding carboxylic acids is 1. The maximum Gasteiger partial charge on any atom is 0.228 e. The number of rotatable bonds is 2. The van der Waals surface area contributed by atoms with Gasteiger partial charge in [0, 0.05) is 17.3 Å². The van der Waals surface area contributed by atoms with Crippen molar-refractivity contribution in [1.82, 2.24) is 0 Å². The van der Waals surface area contributed by atoms with Crippen LogP contribution in [0.1, 0.15) is 45.1 Å². The van der Waals surface area contributed by atoms with E-state index in [1.807, 2.05) is 25.1 Å². The van der Waals surface area contributed by atoms with Crippen molar-refractivity contribution in [2.45, 2.75) is 46.5 Å². The Balaban J connectivity index is 2.14. The molecular weight excluding hydrogens is 236 g/mol. The van der Waals surface area contributed by atoms with Gasteiger partial charge in [0.2, 0.25) is 5.91 Å². The second-order valence-corrected chi connectivity index (χ2v) is 6.35. The molecule has 1 aliphatic rings. The zero-order valence-electron chi connectivity index (χ0n) is 12.1. The summed E-state index contributed by atoms with van der Waals surface area (Å²) >= 11 is 0. The fourth-order valence-corrected chi connectivity index (χ4v) is 2.97. The van der Waals surface area contributed by atoms with E-state index in [9.17, 15) is 4.79 Å². The van der Waals surface area contributed by atoms with Crippen LogP contribution in [-0.2, 0) is 4.79 Å². The predicted octanol–water partition coefficient (Wildman–Crippen LogP) is 3.73. The molecule has 0 aromatic heterocycles. The van der Waals surface area contributed by atoms with Crippen LogP contribution in [0, 0.1) is 18.3 Å². The lowest BCUT2D eigenvalue weighted by atomic mass is 9.68. The Hall–Kier alpha value is -1.51. The first-order chi connectivity index (χ1) is 8.90. The number of nitrogen functional groups attached to an aromatic ring is 1. The van der Waals surface area contributed by atoms with Gasteiger partial charge in [-0.15, -0.1) is 0 Å². The van der Waals surface area contributed by atoms with Gasteiger partial charge in [-0.25, -0.2) is 0 Å². The smallest absolute Gasteiger partial charge is 0.228 e. The van der Waals surface area contributed by atoms with Gasteiger partial charge >= 0.3 is 0 Å². The van der Waals surface area contributed by atoms with Crippen LogP contribution in [0.4, 0.5) is 11.4 Å². The molecule has 0 aliphatic heterocycles. The molecule has 0 heterocycles. The van der Waals surface area contributed by atoms with E-state index in [2.05, 4.69) is 19.2 Å². The maximum atomic E-state index is 12.5. The van der Waals surface area contributed by atoms with Crippen LogP contribution in [0.3, 0.4) is 0 Å². The third-order valence-electron chi connectivity index (χ3n) is 4.34. The predicted molar refractivity (Wildman–Crippen MR) is 80.0 cm³/mol. The number of anilines is 2. The van der Waals surface area contributed by atoms with E-state index in [0.29, 0.717) is 5.69 Å². The summed E-state index contributed by atoms with van der Waals surface area (Å²) in [5, 5.41) is 3.06. The number of hydrogen-bond acceptors (Lipinski definition) is 2. The summed E-state index contributed by atoms with van der Waals surface area (Å²) in [6.45, 7) is 6.38. The van der Waals surface area contributed by atoms with Crippen molar-refractivity contribution >= 4 is 17.3 Å². The molecule has 3 N–H and O–H groups in total. The van der Waals surface area contributed by atoms with Gasteiger partial charge in [-0.1, -0.05) is 32.8 Å². The first-order valence-corrected chi connectivity index (χ1v) is 7.07. The van der Waals surface area contributed by atoms with Crippen molar-refractivity contribution < 1.29 is 4.79 Å². The fraction of sp³-hybridized carbons (Fsp3) is 0.562. The highest BCUT2D eigenvalue weighted by molar-refractivity contribution is 5.94. The zero-order chi connectivity index (χ0) is 14.0. The van der Waals surface area contributed by atoms with E-state index in [-0.39, 0.29) is 17.2 Å². The lowest BCUT2D eigenvalue weighted by Crippen LogP contribution is -2.37. The average Bonchev–Trinajstić information content (AvgIpc) is 2.33. The number of nitrogens with one attached hydrogen (secondary N) is 1. The summed E-state index contributed by atoms with van der Waals surface area (Å²) in [4.78, 5) is 12.5. The standard InChI is InChI=1S/C16H24N2O/c1-11-7-8-12(17)10-14(11)18-15(19)13-6-4-5-9-16(13,2)3/h7-8,10,13H,4-6,9,17H2,1-3H3,(H,18,19). The molecule has 0 radical (unpaired) electrons. The van der Waals surface area contributed by atoms with Gasteiger partial charge in [-0.2, -0.15) is 0 Å². The minimum absolute atomic E-state index is 0.0938. The van der Waals surface area contributed by atoms with Crippen molar-refractivity contribution in [2.75, 3.05) is 11.1 Å². The Bertz CT molecular complexity index is 480. The summed E-state index contributed by atoms with van der Waals surface area (Å²) in [7, 11) is 0. The quantitative estimate of drug-likeness (QED) is 0.796. The van der Waals surface area contributed by atoms with E-state index in [4.69, 9.17) is 5.73 Å². The molecule has 1 amide bonds. The SMILES string of the molecule is Cc1ccc(N)cc1NC(=O)C1CCCCC1(C)C. The van der Waals surface area contributed by atoms with Crippen LogP contribution in [0.2, 0.25) is 0 Å². The average molecular weight is 260 g/mol. The minimum atomic E-state index is 0.0938. The summed E-state index contributed by atoms with van der Waals surface area (Å²) in [5.74, 6) is 0.237. The molecular formula is C16H24N2O. The summed E-state index contributed by atoms with van der Waals surface area (Å²) < 4.78 is 0. The molecule has 3 heteroatoms.